The Morgan fingerprint density at radius 3 is 2.68 bits per heavy atom. The lowest BCUT2D eigenvalue weighted by Crippen LogP contribution is -2.25. The maximum Gasteiger partial charge on any atom is 0.316 e. The second-order valence-electron chi connectivity index (χ2n) is 5.11. The number of nitrogens with zero attached hydrogens (tertiary/aromatic N) is 2. The SMILES string of the molecule is CCNCc1cnc(OCCC(C)(C)OC)nc1C. The van der Waals surface area contributed by atoms with Crippen LogP contribution in [-0.4, -0.2) is 35.8 Å². The highest BCUT2D eigenvalue weighted by Gasteiger charge is 2.16. The van der Waals surface area contributed by atoms with Crippen LogP contribution in [0.15, 0.2) is 6.20 Å². The zero-order chi connectivity index (χ0) is 14.3. The molecule has 0 aliphatic carbocycles. The third-order valence-electron chi connectivity index (χ3n) is 3.11. The van der Waals surface area contributed by atoms with E-state index in [2.05, 4.69) is 22.2 Å². The molecule has 0 atom stereocenters. The molecule has 5 heteroatoms. The van der Waals surface area contributed by atoms with Crippen molar-refractivity contribution in [1.82, 2.24) is 15.3 Å². The molecule has 1 aromatic heterocycles. The first-order chi connectivity index (χ1) is 8.98. The van der Waals surface area contributed by atoms with E-state index < -0.39 is 0 Å². The number of hydrogen-bond acceptors (Lipinski definition) is 5. The first kappa shape index (κ1) is 15.9. The summed E-state index contributed by atoms with van der Waals surface area (Å²) in [5.41, 5.74) is 1.88. The van der Waals surface area contributed by atoms with Crippen molar-refractivity contribution in [2.75, 3.05) is 20.3 Å². The molecule has 0 fully saturated rings. The van der Waals surface area contributed by atoms with Crippen molar-refractivity contribution in [3.05, 3.63) is 17.5 Å². The summed E-state index contributed by atoms with van der Waals surface area (Å²) < 4.78 is 10.9. The summed E-state index contributed by atoms with van der Waals surface area (Å²) >= 11 is 0. The van der Waals surface area contributed by atoms with Gasteiger partial charge in [0, 0.05) is 37.5 Å². The Morgan fingerprint density at radius 2 is 2.11 bits per heavy atom. The molecule has 0 amide bonds. The van der Waals surface area contributed by atoms with Crippen LogP contribution in [0.25, 0.3) is 0 Å². The molecule has 0 bridgehead atoms. The molecule has 1 N–H and O–H groups in total. The van der Waals surface area contributed by atoms with E-state index in [0.717, 1.165) is 30.8 Å². The molecule has 0 aromatic carbocycles. The largest absolute Gasteiger partial charge is 0.463 e. The lowest BCUT2D eigenvalue weighted by molar-refractivity contribution is 0.00465. The van der Waals surface area contributed by atoms with Crippen LogP contribution in [-0.2, 0) is 11.3 Å². The van der Waals surface area contributed by atoms with Gasteiger partial charge in [-0.1, -0.05) is 6.92 Å². The van der Waals surface area contributed by atoms with Crippen molar-refractivity contribution in [2.45, 2.75) is 46.3 Å². The smallest absolute Gasteiger partial charge is 0.316 e. The van der Waals surface area contributed by atoms with Gasteiger partial charge in [0.05, 0.1) is 12.2 Å². The Kier molecular flexibility index (Phi) is 6.18. The van der Waals surface area contributed by atoms with Crippen molar-refractivity contribution >= 4 is 0 Å². The van der Waals surface area contributed by atoms with Gasteiger partial charge < -0.3 is 14.8 Å². The van der Waals surface area contributed by atoms with Gasteiger partial charge in [-0.25, -0.2) is 9.97 Å². The zero-order valence-electron chi connectivity index (χ0n) is 12.6. The summed E-state index contributed by atoms with van der Waals surface area (Å²) in [6.07, 6.45) is 2.62. The van der Waals surface area contributed by atoms with Crippen LogP contribution < -0.4 is 10.1 Å². The second kappa shape index (κ2) is 7.40. The summed E-state index contributed by atoms with van der Waals surface area (Å²) in [7, 11) is 1.70. The fourth-order valence-electron chi connectivity index (χ4n) is 1.46. The standard InChI is InChI=1S/C14H25N3O2/c1-6-15-9-12-10-16-13(17-11(12)2)19-8-7-14(3,4)18-5/h10,15H,6-9H2,1-5H3. The molecular formula is C14H25N3O2. The van der Waals surface area contributed by atoms with E-state index in [9.17, 15) is 0 Å². The average Bonchev–Trinajstić information content (AvgIpc) is 2.37. The number of rotatable bonds is 8. The quantitative estimate of drug-likeness (QED) is 0.781. The van der Waals surface area contributed by atoms with Crippen LogP contribution in [0.4, 0.5) is 0 Å². The van der Waals surface area contributed by atoms with E-state index in [-0.39, 0.29) is 5.60 Å². The lowest BCUT2D eigenvalue weighted by Gasteiger charge is -2.22. The normalized spacial score (nSPS) is 11.6. The van der Waals surface area contributed by atoms with E-state index in [4.69, 9.17) is 9.47 Å². The Morgan fingerprint density at radius 1 is 1.37 bits per heavy atom. The molecule has 1 aromatic rings. The fourth-order valence-corrected chi connectivity index (χ4v) is 1.46. The van der Waals surface area contributed by atoms with E-state index in [1.807, 2.05) is 27.0 Å². The topological polar surface area (TPSA) is 56.3 Å². The molecule has 1 rings (SSSR count). The monoisotopic (exact) mass is 267 g/mol. The highest BCUT2D eigenvalue weighted by atomic mass is 16.5. The molecule has 0 saturated heterocycles. The number of aryl methyl sites for hydroxylation is 1. The summed E-state index contributed by atoms with van der Waals surface area (Å²) in [6.45, 7) is 10.4. The second-order valence-corrected chi connectivity index (χ2v) is 5.11. The third-order valence-corrected chi connectivity index (χ3v) is 3.11. The Hall–Kier alpha value is -1.20. The summed E-state index contributed by atoms with van der Waals surface area (Å²) in [5.74, 6) is 0. The molecule has 0 spiro atoms. The van der Waals surface area contributed by atoms with Crippen molar-refractivity contribution in [2.24, 2.45) is 0 Å². The third kappa shape index (κ3) is 5.53. The van der Waals surface area contributed by atoms with Gasteiger partial charge >= 0.3 is 6.01 Å². The van der Waals surface area contributed by atoms with E-state index in [1.54, 1.807) is 7.11 Å². The van der Waals surface area contributed by atoms with Gasteiger partial charge in [0.25, 0.3) is 0 Å². The van der Waals surface area contributed by atoms with Gasteiger partial charge in [-0.2, -0.15) is 0 Å². The van der Waals surface area contributed by atoms with Gasteiger partial charge in [0.2, 0.25) is 0 Å². The molecule has 1 heterocycles. The maximum absolute atomic E-state index is 5.56. The van der Waals surface area contributed by atoms with Crippen LogP contribution in [0.2, 0.25) is 0 Å². The first-order valence-electron chi connectivity index (χ1n) is 6.69. The number of ether oxygens (including phenoxy) is 2. The number of hydrogen-bond donors (Lipinski definition) is 1. The van der Waals surface area contributed by atoms with Crippen molar-refractivity contribution < 1.29 is 9.47 Å². The van der Waals surface area contributed by atoms with E-state index in [1.165, 1.54) is 0 Å². The van der Waals surface area contributed by atoms with Crippen LogP contribution in [0.3, 0.4) is 0 Å². The van der Waals surface area contributed by atoms with E-state index >= 15 is 0 Å². The van der Waals surface area contributed by atoms with Gasteiger partial charge in [0.15, 0.2) is 0 Å². The van der Waals surface area contributed by atoms with Gasteiger partial charge in [-0.3, -0.25) is 0 Å². The first-order valence-corrected chi connectivity index (χ1v) is 6.69. The average molecular weight is 267 g/mol. The minimum Gasteiger partial charge on any atom is -0.463 e. The van der Waals surface area contributed by atoms with Crippen LogP contribution in [0.5, 0.6) is 6.01 Å². The molecule has 0 radical (unpaired) electrons. The van der Waals surface area contributed by atoms with Gasteiger partial charge in [-0.15, -0.1) is 0 Å². The highest BCUT2D eigenvalue weighted by Crippen LogP contribution is 2.14. The molecule has 0 aliphatic rings. The Bertz CT molecular complexity index is 394. The zero-order valence-corrected chi connectivity index (χ0v) is 12.6. The molecular weight excluding hydrogens is 242 g/mol. The lowest BCUT2D eigenvalue weighted by atomic mass is 10.1. The summed E-state index contributed by atoms with van der Waals surface area (Å²) in [5, 5.41) is 3.26. The van der Waals surface area contributed by atoms with Crippen molar-refractivity contribution in [3.63, 3.8) is 0 Å². The van der Waals surface area contributed by atoms with Crippen LogP contribution in [0, 0.1) is 6.92 Å². The number of nitrogens with one attached hydrogen (secondary N) is 1. The van der Waals surface area contributed by atoms with E-state index in [0.29, 0.717) is 12.6 Å². The Balaban J connectivity index is 2.49. The predicted octanol–water partition coefficient (Wildman–Crippen LogP) is 2.09. The molecule has 0 saturated carbocycles. The van der Waals surface area contributed by atoms with Crippen LogP contribution >= 0.6 is 0 Å². The Labute approximate surface area is 115 Å². The van der Waals surface area contributed by atoms with Gasteiger partial charge in [-0.05, 0) is 27.3 Å². The molecule has 108 valence electrons. The fraction of sp³-hybridized carbons (Fsp3) is 0.714. The van der Waals surface area contributed by atoms with Crippen LogP contribution in [0.1, 0.15) is 38.4 Å². The number of methoxy groups -OCH3 is 1. The summed E-state index contributed by atoms with van der Waals surface area (Å²) in [4.78, 5) is 8.58. The van der Waals surface area contributed by atoms with Crippen molar-refractivity contribution in [1.29, 1.82) is 0 Å². The molecule has 0 aliphatic heterocycles. The molecule has 19 heavy (non-hydrogen) atoms. The maximum atomic E-state index is 5.56. The minimum atomic E-state index is -0.181. The highest BCUT2D eigenvalue weighted by molar-refractivity contribution is 5.17. The van der Waals surface area contributed by atoms with Gasteiger partial charge in [0.1, 0.15) is 0 Å². The predicted molar refractivity (Wildman–Crippen MR) is 75.3 cm³/mol. The molecule has 0 unspecified atom stereocenters. The van der Waals surface area contributed by atoms with Crippen molar-refractivity contribution in [3.8, 4) is 6.01 Å². The minimum absolute atomic E-state index is 0.181. The number of aromatic nitrogens is 2. The summed E-state index contributed by atoms with van der Waals surface area (Å²) in [6, 6.07) is 0.435. The molecule has 5 nitrogen and oxygen atoms in total.